The van der Waals surface area contributed by atoms with Crippen LogP contribution in [0, 0.1) is 11.7 Å². The fourth-order valence-corrected chi connectivity index (χ4v) is 3.63. The van der Waals surface area contributed by atoms with E-state index in [1.165, 1.54) is 23.9 Å². The molecule has 2 N–H and O–H groups in total. The van der Waals surface area contributed by atoms with Gasteiger partial charge in [0.15, 0.2) is 0 Å². The maximum Gasteiger partial charge on any atom is 0.325 e. The van der Waals surface area contributed by atoms with E-state index in [1.807, 2.05) is 19.9 Å². The lowest BCUT2D eigenvalue weighted by molar-refractivity contribution is -0.145. The molecule has 1 aliphatic carbocycles. The molecule has 0 bridgehead atoms. The highest BCUT2D eigenvalue weighted by Crippen LogP contribution is 2.43. The zero-order valence-corrected chi connectivity index (χ0v) is 12.5. The summed E-state index contributed by atoms with van der Waals surface area (Å²) in [5, 5.41) is 12.9. The summed E-state index contributed by atoms with van der Waals surface area (Å²) in [5.41, 5.74) is -0.912. The van der Waals surface area contributed by atoms with Crippen LogP contribution in [0.4, 0.5) is 4.39 Å². The molecule has 0 spiro atoms. The fourth-order valence-electron chi connectivity index (χ4n) is 2.42. The minimum atomic E-state index is -0.912. The first-order chi connectivity index (χ1) is 9.44. The summed E-state index contributed by atoms with van der Waals surface area (Å²) >= 11 is 1.40. The molecule has 0 saturated heterocycles. The minimum absolute atomic E-state index is 0.0970. The van der Waals surface area contributed by atoms with Gasteiger partial charge in [-0.05, 0) is 50.8 Å². The summed E-state index contributed by atoms with van der Waals surface area (Å²) < 4.78 is 13.2. The third kappa shape index (κ3) is 3.52. The van der Waals surface area contributed by atoms with Crippen LogP contribution in [0.2, 0.25) is 0 Å². The third-order valence-electron chi connectivity index (χ3n) is 3.46. The van der Waals surface area contributed by atoms with E-state index in [2.05, 4.69) is 5.32 Å². The lowest BCUT2D eigenvalue weighted by atomic mass is 9.94. The van der Waals surface area contributed by atoms with Crippen molar-refractivity contribution in [2.24, 2.45) is 5.92 Å². The van der Waals surface area contributed by atoms with Gasteiger partial charge in [-0.25, -0.2) is 4.39 Å². The van der Waals surface area contributed by atoms with Crippen LogP contribution in [0.15, 0.2) is 29.2 Å². The van der Waals surface area contributed by atoms with Gasteiger partial charge >= 0.3 is 5.97 Å². The zero-order chi connectivity index (χ0) is 14.8. The van der Waals surface area contributed by atoms with E-state index >= 15 is 0 Å². The monoisotopic (exact) mass is 297 g/mol. The number of carboxylic acids is 1. The van der Waals surface area contributed by atoms with Crippen molar-refractivity contribution in [2.75, 3.05) is 5.75 Å². The molecule has 3 nitrogen and oxygen atoms in total. The van der Waals surface area contributed by atoms with Gasteiger partial charge in [-0.3, -0.25) is 10.1 Å². The van der Waals surface area contributed by atoms with Crippen molar-refractivity contribution < 1.29 is 14.3 Å². The Kier molecular flexibility index (Phi) is 4.70. The van der Waals surface area contributed by atoms with Gasteiger partial charge in [0, 0.05) is 16.7 Å². The predicted octanol–water partition coefficient (Wildman–Crippen LogP) is 3.15. The molecule has 5 heteroatoms. The zero-order valence-electron chi connectivity index (χ0n) is 11.7. The Morgan fingerprint density at radius 3 is 2.75 bits per heavy atom. The second kappa shape index (κ2) is 6.14. The normalized spacial score (nSPS) is 18.0. The van der Waals surface area contributed by atoms with E-state index in [9.17, 15) is 14.3 Å². The summed E-state index contributed by atoms with van der Waals surface area (Å²) in [7, 11) is 0. The van der Waals surface area contributed by atoms with Crippen LogP contribution < -0.4 is 5.32 Å². The number of halogens is 1. The number of aliphatic carboxylic acids is 1. The first kappa shape index (κ1) is 15.3. The molecular formula is C15H20FNO2S. The summed E-state index contributed by atoms with van der Waals surface area (Å²) in [6.45, 7) is 3.90. The number of benzene rings is 1. The second-order valence-corrected chi connectivity index (χ2v) is 6.64. The van der Waals surface area contributed by atoms with E-state index in [0.29, 0.717) is 5.75 Å². The topological polar surface area (TPSA) is 49.3 Å². The van der Waals surface area contributed by atoms with E-state index in [0.717, 1.165) is 17.7 Å². The second-order valence-electron chi connectivity index (χ2n) is 5.60. The summed E-state index contributed by atoms with van der Waals surface area (Å²) in [5.74, 6) is -0.519. The van der Waals surface area contributed by atoms with E-state index in [4.69, 9.17) is 0 Å². The standard InChI is InChI=1S/C15H20FNO2S/c1-10(2)17-15(14(18)19,11-6-7-11)9-20-13-5-3-4-12(16)8-13/h3-5,8,10-11,17H,6-7,9H2,1-2H3,(H,18,19). The van der Waals surface area contributed by atoms with Crippen molar-refractivity contribution in [2.45, 2.75) is 43.2 Å². The van der Waals surface area contributed by atoms with Gasteiger partial charge in [0.25, 0.3) is 0 Å². The Morgan fingerprint density at radius 1 is 1.55 bits per heavy atom. The molecule has 110 valence electrons. The van der Waals surface area contributed by atoms with Gasteiger partial charge in [0.05, 0.1) is 0 Å². The quantitative estimate of drug-likeness (QED) is 0.759. The van der Waals surface area contributed by atoms with Crippen molar-refractivity contribution in [3.8, 4) is 0 Å². The maximum atomic E-state index is 13.2. The molecule has 1 atom stereocenters. The van der Waals surface area contributed by atoms with Crippen LogP contribution >= 0.6 is 11.8 Å². The fraction of sp³-hybridized carbons (Fsp3) is 0.533. The number of thioether (sulfide) groups is 1. The Morgan fingerprint density at radius 2 is 2.25 bits per heavy atom. The average molecular weight is 297 g/mol. The molecule has 2 rings (SSSR count). The summed E-state index contributed by atoms with van der Waals surface area (Å²) in [4.78, 5) is 12.5. The van der Waals surface area contributed by atoms with E-state index < -0.39 is 11.5 Å². The summed E-state index contributed by atoms with van der Waals surface area (Å²) in [6.07, 6.45) is 1.88. The predicted molar refractivity (Wildman–Crippen MR) is 78.5 cm³/mol. The molecule has 0 aromatic heterocycles. The van der Waals surface area contributed by atoms with Crippen LogP contribution in [0.25, 0.3) is 0 Å². The number of hydrogen-bond donors (Lipinski definition) is 2. The smallest absolute Gasteiger partial charge is 0.325 e. The van der Waals surface area contributed by atoms with E-state index in [1.54, 1.807) is 6.07 Å². The van der Waals surface area contributed by atoms with Gasteiger partial charge < -0.3 is 5.11 Å². The maximum absolute atomic E-state index is 13.2. The first-order valence-corrected chi connectivity index (χ1v) is 7.82. The van der Waals surface area contributed by atoms with Crippen LogP contribution in [-0.2, 0) is 4.79 Å². The summed E-state index contributed by atoms with van der Waals surface area (Å²) in [6, 6.07) is 6.39. The minimum Gasteiger partial charge on any atom is -0.480 e. The van der Waals surface area contributed by atoms with Crippen molar-refractivity contribution in [1.29, 1.82) is 0 Å². The van der Waals surface area contributed by atoms with Crippen LogP contribution in [-0.4, -0.2) is 28.4 Å². The molecular weight excluding hydrogens is 277 g/mol. The van der Waals surface area contributed by atoms with E-state index in [-0.39, 0.29) is 17.8 Å². The SMILES string of the molecule is CC(C)NC(CSc1cccc(F)c1)(C(=O)O)C1CC1. The van der Waals surface area contributed by atoms with Gasteiger partial charge in [0.2, 0.25) is 0 Å². The van der Waals surface area contributed by atoms with Crippen LogP contribution in [0.5, 0.6) is 0 Å². The number of hydrogen-bond acceptors (Lipinski definition) is 3. The van der Waals surface area contributed by atoms with Crippen molar-refractivity contribution >= 4 is 17.7 Å². The molecule has 1 aliphatic rings. The van der Waals surface area contributed by atoms with Gasteiger partial charge in [-0.2, -0.15) is 0 Å². The number of carbonyl (C=O) groups is 1. The molecule has 0 amide bonds. The molecule has 1 fully saturated rings. The van der Waals surface area contributed by atoms with Gasteiger partial charge in [-0.15, -0.1) is 11.8 Å². The first-order valence-electron chi connectivity index (χ1n) is 6.83. The number of rotatable bonds is 7. The highest BCUT2D eigenvalue weighted by Gasteiger charge is 2.51. The highest BCUT2D eigenvalue weighted by atomic mass is 32.2. The van der Waals surface area contributed by atoms with Crippen molar-refractivity contribution in [3.63, 3.8) is 0 Å². The molecule has 0 radical (unpaired) electrons. The Bertz CT molecular complexity index is 491. The molecule has 1 aromatic carbocycles. The Balaban J connectivity index is 2.13. The number of nitrogens with one attached hydrogen (secondary N) is 1. The highest BCUT2D eigenvalue weighted by molar-refractivity contribution is 7.99. The number of carboxylic acid groups (broad SMARTS) is 1. The Labute approximate surface area is 123 Å². The van der Waals surface area contributed by atoms with Gasteiger partial charge in [0.1, 0.15) is 11.4 Å². The molecule has 0 heterocycles. The molecule has 20 heavy (non-hydrogen) atoms. The average Bonchev–Trinajstić information content (AvgIpc) is 3.18. The molecule has 0 aliphatic heterocycles. The van der Waals surface area contributed by atoms with Crippen LogP contribution in [0.3, 0.4) is 0 Å². The molecule has 1 saturated carbocycles. The van der Waals surface area contributed by atoms with Crippen LogP contribution in [0.1, 0.15) is 26.7 Å². The van der Waals surface area contributed by atoms with Crippen molar-refractivity contribution in [1.82, 2.24) is 5.32 Å². The van der Waals surface area contributed by atoms with Crippen molar-refractivity contribution in [3.05, 3.63) is 30.1 Å². The molecule has 1 unspecified atom stereocenters. The Hall–Kier alpha value is -1.07. The third-order valence-corrected chi connectivity index (χ3v) is 4.65. The largest absolute Gasteiger partial charge is 0.480 e. The molecule has 1 aromatic rings. The van der Waals surface area contributed by atoms with Gasteiger partial charge in [-0.1, -0.05) is 6.07 Å². The lowest BCUT2D eigenvalue weighted by Crippen LogP contribution is -2.58. The lowest BCUT2D eigenvalue weighted by Gasteiger charge is -2.32.